The summed E-state index contributed by atoms with van der Waals surface area (Å²) >= 11 is 2.77. The van der Waals surface area contributed by atoms with E-state index in [4.69, 9.17) is 0 Å². The molecular weight excluding hydrogens is 378 g/mol. The minimum absolute atomic E-state index is 0.116. The maximum Gasteiger partial charge on any atom is 0.260 e. The third-order valence-corrected chi connectivity index (χ3v) is 6.58. The highest BCUT2D eigenvalue weighted by molar-refractivity contribution is 7.99. The fraction of sp³-hybridized carbons (Fsp3) is 0.350. The Hall–Kier alpha value is -2.12. The van der Waals surface area contributed by atoms with E-state index in [9.17, 15) is 9.59 Å². The molecule has 27 heavy (non-hydrogen) atoms. The van der Waals surface area contributed by atoms with Crippen LogP contribution >= 0.6 is 23.1 Å². The number of aromatic amines is 1. The third kappa shape index (κ3) is 3.94. The lowest BCUT2D eigenvalue weighted by atomic mass is 10.0. The summed E-state index contributed by atoms with van der Waals surface area (Å²) in [4.78, 5) is 35.1. The molecule has 1 atom stereocenters. The Balaban J connectivity index is 1.52. The first-order valence-corrected chi connectivity index (χ1v) is 11.0. The van der Waals surface area contributed by atoms with Crippen LogP contribution in [0.4, 0.5) is 0 Å². The number of rotatable bonds is 4. The maximum absolute atomic E-state index is 12.6. The second-order valence-electron chi connectivity index (χ2n) is 6.94. The number of hydrogen-bond donors (Lipinski definition) is 1. The van der Waals surface area contributed by atoms with Gasteiger partial charge in [0.05, 0.1) is 11.1 Å². The Morgan fingerprint density at radius 2 is 2.19 bits per heavy atom. The van der Waals surface area contributed by atoms with Gasteiger partial charge in [-0.25, -0.2) is 4.98 Å². The topological polar surface area (TPSA) is 66.1 Å². The van der Waals surface area contributed by atoms with Crippen LogP contribution in [0.2, 0.25) is 0 Å². The standard InChI is InChI=1S/C20H21N3O2S2/c1-13-6-5-9-23(10-13)16(24)12-27-20-21-18(25)17-15(11-26-19(17)22-20)14-7-3-2-4-8-14/h2-4,7-8,11,13H,5-6,9-10,12H2,1H3,(H,21,22,25)/t13-/m1/s1. The van der Waals surface area contributed by atoms with Crippen LogP contribution in [-0.2, 0) is 4.79 Å². The van der Waals surface area contributed by atoms with E-state index in [1.54, 1.807) is 0 Å². The van der Waals surface area contributed by atoms with Crippen molar-refractivity contribution in [2.75, 3.05) is 18.8 Å². The van der Waals surface area contributed by atoms with Gasteiger partial charge >= 0.3 is 0 Å². The van der Waals surface area contributed by atoms with Gasteiger partial charge in [0.2, 0.25) is 5.91 Å². The van der Waals surface area contributed by atoms with Crippen molar-refractivity contribution in [1.82, 2.24) is 14.9 Å². The molecule has 1 aliphatic heterocycles. The Morgan fingerprint density at radius 1 is 1.37 bits per heavy atom. The van der Waals surface area contributed by atoms with E-state index in [0.717, 1.165) is 30.6 Å². The second-order valence-corrected chi connectivity index (χ2v) is 8.76. The van der Waals surface area contributed by atoms with E-state index >= 15 is 0 Å². The van der Waals surface area contributed by atoms with Crippen molar-refractivity contribution in [3.05, 3.63) is 46.1 Å². The van der Waals surface area contributed by atoms with Gasteiger partial charge in [0.1, 0.15) is 4.83 Å². The molecule has 1 aliphatic rings. The molecule has 0 unspecified atom stereocenters. The molecule has 1 aromatic carbocycles. The molecule has 5 nitrogen and oxygen atoms in total. The summed E-state index contributed by atoms with van der Waals surface area (Å²) in [6, 6.07) is 9.84. The minimum Gasteiger partial charge on any atom is -0.342 e. The number of thiophene rings is 1. The van der Waals surface area contributed by atoms with E-state index < -0.39 is 0 Å². The van der Waals surface area contributed by atoms with Crippen molar-refractivity contribution < 1.29 is 4.79 Å². The number of fused-ring (bicyclic) bond motifs is 1. The summed E-state index contributed by atoms with van der Waals surface area (Å²) in [6.07, 6.45) is 2.25. The van der Waals surface area contributed by atoms with Crippen LogP contribution < -0.4 is 5.56 Å². The SMILES string of the molecule is C[C@@H]1CCCN(C(=O)CSc2nc3scc(-c4ccccc4)c3c(=O)[nH]2)C1. The molecule has 3 aromatic rings. The summed E-state index contributed by atoms with van der Waals surface area (Å²) in [5, 5.41) is 3.09. The van der Waals surface area contributed by atoms with Crippen molar-refractivity contribution in [1.29, 1.82) is 0 Å². The lowest BCUT2D eigenvalue weighted by Crippen LogP contribution is -2.40. The largest absolute Gasteiger partial charge is 0.342 e. The summed E-state index contributed by atoms with van der Waals surface area (Å²) in [6.45, 7) is 3.84. The van der Waals surface area contributed by atoms with Gasteiger partial charge in [-0.05, 0) is 24.3 Å². The van der Waals surface area contributed by atoms with Crippen LogP contribution in [0.25, 0.3) is 21.3 Å². The molecule has 0 spiro atoms. The Morgan fingerprint density at radius 3 is 2.96 bits per heavy atom. The fourth-order valence-corrected chi connectivity index (χ4v) is 5.23. The third-order valence-electron chi connectivity index (χ3n) is 4.85. The van der Waals surface area contributed by atoms with Crippen molar-refractivity contribution >= 4 is 39.2 Å². The molecule has 1 N–H and O–H groups in total. The second kappa shape index (κ2) is 7.86. The molecular formula is C20H21N3O2S2. The summed E-state index contributed by atoms with van der Waals surface area (Å²) < 4.78 is 0. The number of thioether (sulfide) groups is 1. The molecule has 0 bridgehead atoms. The molecule has 7 heteroatoms. The number of aromatic nitrogens is 2. The zero-order chi connectivity index (χ0) is 18.8. The number of benzene rings is 1. The van der Waals surface area contributed by atoms with Crippen LogP contribution in [0, 0.1) is 5.92 Å². The van der Waals surface area contributed by atoms with E-state index in [1.807, 2.05) is 40.6 Å². The highest BCUT2D eigenvalue weighted by atomic mass is 32.2. The lowest BCUT2D eigenvalue weighted by molar-refractivity contribution is -0.130. The molecule has 3 heterocycles. The molecule has 0 aliphatic carbocycles. The normalized spacial score (nSPS) is 17.4. The summed E-state index contributed by atoms with van der Waals surface area (Å²) in [5.74, 6) is 0.980. The molecule has 1 saturated heterocycles. The first-order chi connectivity index (χ1) is 13.1. The van der Waals surface area contributed by atoms with Gasteiger partial charge < -0.3 is 9.88 Å². The molecule has 2 aromatic heterocycles. The zero-order valence-corrected chi connectivity index (χ0v) is 16.7. The number of nitrogens with one attached hydrogen (secondary N) is 1. The molecule has 1 amide bonds. The Kier molecular flexibility index (Phi) is 5.31. The van der Waals surface area contributed by atoms with Crippen LogP contribution in [0.3, 0.4) is 0 Å². The minimum atomic E-state index is -0.151. The van der Waals surface area contributed by atoms with Crippen molar-refractivity contribution in [2.45, 2.75) is 24.9 Å². The number of H-pyrrole nitrogens is 1. The quantitative estimate of drug-likeness (QED) is 0.532. The average molecular weight is 400 g/mol. The van der Waals surface area contributed by atoms with Gasteiger partial charge in [-0.3, -0.25) is 9.59 Å². The average Bonchev–Trinajstić information content (AvgIpc) is 3.11. The number of amides is 1. The van der Waals surface area contributed by atoms with Crippen molar-refractivity contribution in [2.24, 2.45) is 5.92 Å². The van der Waals surface area contributed by atoms with E-state index in [1.165, 1.54) is 29.5 Å². The van der Waals surface area contributed by atoms with Gasteiger partial charge in [0.15, 0.2) is 5.16 Å². The first-order valence-electron chi connectivity index (χ1n) is 9.09. The Labute approximate surface area is 165 Å². The van der Waals surface area contributed by atoms with Crippen LogP contribution in [0.5, 0.6) is 0 Å². The summed E-state index contributed by atoms with van der Waals surface area (Å²) in [5.41, 5.74) is 1.76. The van der Waals surface area contributed by atoms with Gasteiger partial charge in [-0.1, -0.05) is 49.0 Å². The Bertz CT molecular complexity index is 1010. The highest BCUT2D eigenvalue weighted by Crippen LogP contribution is 2.31. The number of hydrogen-bond acceptors (Lipinski definition) is 5. The van der Waals surface area contributed by atoms with Crippen LogP contribution in [0.15, 0.2) is 45.7 Å². The number of carbonyl (C=O) groups excluding carboxylic acids is 1. The zero-order valence-electron chi connectivity index (χ0n) is 15.1. The summed E-state index contributed by atoms with van der Waals surface area (Å²) in [7, 11) is 0. The van der Waals surface area contributed by atoms with Crippen LogP contribution in [-0.4, -0.2) is 39.6 Å². The van der Waals surface area contributed by atoms with Gasteiger partial charge in [0, 0.05) is 24.0 Å². The van der Waals surface area contributed by atoms with Crippen LogP contribution in [0.1, 0.15) is 19.8 Å². The highest BCUT2D eigenvalue weighted by Gasteiger charge is 2.21. The molecule has 0 radical (unpaired) electrons. The lowest BCUT2D eigenvalue weighted by Gasteiger charge is -2.30. The van der Waals surface area contributed by atoms with E-state index in [0.29, 0.717) is 27.0 Å². The number of piperidine rings is 1. The smallest absolute Gasteiger partial charge is 0.260 e. The van der Waals surface area contributed by atoms with Gasteiger partial charge in [-0.15, -0.1) is 11.3 Å². The van der Waals surface area contributed by atoms with E-state index in [-0.39, 0.29) is 11.5 Å². The van der Waals surface area contributed by atoms with Gasteiger partial charge in [0.25, 0.3) is 5.56 Å². The molecule has 0 saturated carbocycles. The first kappa shape index (κ1) is 18.3. The van der Waals surface area contributed by atoms with Crippen molar-refractivity contribution in [3.63, 3.8) is 0 Å². The molecule has 4 rings (SSSR count). The predicted octanol–water partition coefficient (Wildman–Crippen LogP) is 4.00. The van der Waals surface area contributed by atoms with E-state index in [2.05, 4.69) is 16.9 Å². The predicted molar refractivity (Wildman–Crippen MR) is 111 cm³/mol. The number of carbonyl (C=O) groups is 1. The van der Waals surface area contributed by atoms with Gasteiger partial charge in [-0.2, -0.15) is 0 Å². The maximum atomic E-state index is 12.6. The number of likely N-dealkylation sites (tertiary alicyclic amines) is 1. The fourth-order valence-electron chi connectivity index (χ4n) is 3.47. The monoisotopic (exact) mass is 399 g/mol. The number of nitrogens with zero attached hydrogens (tertiary/aromatic N) is 2. The molecule has 1 fully saturated rings. The molecule has 140 valence electrons. The van der Waals surface area contributed by atoms with Crippen molar-refractivity contribution in [3.8, 4) is 11.1 Å².